The van der Waals surface area contributed by atoms with E-state index in [0.717, 1.165) is 22.3 Å². The molecule has 0 aliphatic heterocycles. The normalized spacial score (nSPS) is 11.2. The maximum Gasteiger partial charge on any atom is 0.251 e. The predicted molar refractivity (Wildman–Crippen MR) is 141 cm³/mol. The molecule has 0 atom stereocenters. The molecule has 0 aliphatic carbocycles. The zero-order chi connectivity index (χ0) is 26.6. The number of aryl methyl sites for hydroxylation is 2. The lowest BCUT2D eigenvalue weighted by Gasteiger charge is -2.25. The second-order valence-corrected chi connectivity index (χ2v) is 10.6. The molecule has 0 unspecified atom stereocenters. The number of nitrogens with one attached hydrogen (secondary N) is 1. The van der Waals surface area contributed by atoms with Crippen LogP contribution >= 0.6 is 0 Å². The molecule has 192 valence electrons. The zero-order valence-electron chi connectivity index (χ0n) is 21.1. The molecule has 0 spiro atoms. The molecule has 1 heterocycles. The Hall–Kier alpha value is -4.18. The summed E-state index contributed by atoms with van der Waals surface area (Å²) in [5, 5.41) is 6.72. The van der Waals surface area contributed by atoms with Gasteiger partial charge in [-0.1, -0.05) is 41.6 Å². The maximum absolute atomic E-state index is 12.7. The van der Waals surface area contributed by atoms with Gasteiger partial charge >= 0.3 is 0 Å². The number of methoxy groups -OCH3 is 1. The minimum Gasteiger partial charge on any atom is -0.497 e. The van der Waals surface area contributed by atoms with Crippen LogP contribution in [0.5, 0.6) is 5.75 Å². The lowest BCUT2D eigenvalue weighted by Crippen LogP contribution is -2.30. The average Bonchev–Trinajstić information content (AvgIpc) is 3.36. The Kier molecular flexibility index (Phi) is 7.58. The number of ether oxygens (including phenoxy) is 1. The molecule has 1 amide bonds. The van der Waals surface area contributed by atoms with E-state index in [2.05, 4.69) is 15.5 Å². The van der Waals surface area contributed by atoms with Crippen LogP contribution in [0.25, 0.3) is 11.4 Å². The Morgan fingerprint density at radius 3 is 2.51 bits per heavy atom. The third-order valence-corrected chi connectivity index (χ3v) is 6.90. The summed E-state index contributed by atoms with van der Waals surface area (Å²) in [7, 11) is -1.94. The van der Waals surface area contributed by atoms with Crippen LogP contribution in [0, 0.1) is 13.8 Å². The molecule has 0 fully saturated rings. The molecule has 0 radical (unpaired) electrons. The number of sulfonamides is 1. The lowest BCUT2D eigenvalue weighted by atomic mass is 10.1. The quantitative estimate of drug-likeness (QED) is 0.351. The number of rotatable bonds is 9. The van der Waals surface area contributed by atoms with Gasteiger partial charge in [-0.3, -0.25) is 9.10 Å². The molecule has 37 heavy (non-hydrogen) atoms. The average molecular weight is 521 g/mol. The number of nitrogens with zero attached hydrogens (tertiary/aromatic N) is 3. The van der Waals surface area contributed by atoms with E-state index in [1.807, 2.05) is 50.2 Å². The smallest absolute Gasteiger partial charge is 0.251 e. The number of carbonyl (C=O) groups excluding carboxylic acids is 1. The fraction of sp³-hybridized carbons (Fsp3) is 0.222. The van der Waals surface area contributed by atoms with Gasteiger partial charge in [0.05, 0.1) is 32.1 Å². The number of benzene rings is 3. The van der Waals surface area contributed by atoms with Crippen LogP contribution in [0.2, 0.25) is 0 Å². The Morgan fingerprint density at radius 2 is 1.81 bits per heavy atom. The van der Waals surface area contributed by atoms with E-state index in [0.29, 0.717) is 22.8 Å². The first kappa shape index (κ1) is 25.9. The van der Waals surface area contributed by atoms with Crippen LogP contribution < -0.4 is 14.4 Å². The first-order chi connectivity index (χ1) is 17.6. The highest BCUT2D eigenvalue weighted by Gasteiger charge is 2.20. The van der Waals surface area contributed by atoms with Gasteiger partial charge in [-0.25, -0.2) is 8.42 Å². The number of amides is 1. The van der Waals surface area contributed by atoms with E-state index in [-0.39, 0.29) is 24.9 Å². The summed E-state index contributed by atoms with van der Waals surface area (Å²) in [4.78, 5) is 17.0. The van der Waals surface area contributed by atoms with Gasteiger partial charge in [-0.2, -0.15) is 4.98 Å². The Morgan fingerprint density at radius 1 is 1.05 bits per heavy atom. The van der Waals surface area contributed by atoms with Gasteiger partial charge in [-0.05, 0) is 60.9 Å². The number of hydrogen-bond donors (Lipinski definition) is 1. The van der Waals surface area contributed by atoms with Crippen molar-refractivity contribution >= 4 is 21.6 Å². The van der Waals surface area contributed by atoms with Crippen molar-refractivity contribution < 1.29 is 22.5 Å². The van der Waals surface area contributed by atoms with Crippen LogP contribution in [0.15, 0.2) is 71.3 Å². The highest BCUT2D eigenvalue weighted by molar-refractivity contribution is 7.92. The number of anilines is 1. The summed E-state index contributed by atoms with van der Waals surface area (Å²) in [6.07, 6.45) is 1.19. The van der Waals surface area contributed by atoms with Crippen LogP contribution in [0.1, 0.15) is 32.9 Å². The molecular formula is C27H28N4O5S. The van der Waals surface area contributed by atoms with Gasteiger partial charge < -0.3 is 14.6 Å². The van der Waals surface area contributed by atoms with E-state index in [1.165, 1.54) is 10.6 Å². The molecule has 3 aromatic carbocycles. The van der Waals surface area contributed by atoms with Crippen molar-refractivity contribution in [3.63, 3.8) is 0 Å². The van der Waals surface area contributed by atoms with E-state index in [1.54, 1.807) is 37.4 Å². The second kappa shape index (κ2) is 10.8. The molecule has 10 heteroatoms. The summed E-state index contributed by atoms with van der Waals surface area (Å²) in [5.74, 6) is 1.02. The molecule has 9 nitrogen and oxygen atoms in total. The Labute approximate surface area is 216 Å². The molecule has 4 rings (SSSR count). The Balaban J connectivity index is 1.41. The van der Waals surface area contributed by atoms with Crippen LogP contribution in [-0.4, -0.2) is 37.8 Å². The highest BCUT2D eigenvalue weighted by Crippen LogP contribution is 2.26. The number of hydrogen-bond acceptors (Lipinski definition) is 7. The molecule has 1 N–H and O–H groups in total. The predicted octanol–water partition coefficient (Wildman–Crippen LogP) is 4.26. The zero-order valence-corrected chi connectivity index (χ0v) is 21.9. The maximum atomic E-state index is 12.7. The van der Waals surface area contributed by atoms with E-state index >= 15 is 0 Å². The van der Waals surface area contributed by atoms with Crippen molar-refractivity contribution in [3.8, 4) is 17.1 Å². The molecule has 4 aromatic rings. The summed E-state index contributed by atoms with van der Waals surface area (Å²) in [6, 6.07) is 19.8. The fourth-order valence-electron chi connectivity index (χ4n) is 3.76. The van der Waals surface area contributed by atoms with E-state index in [4.69, 9.17) is 9.26 Å². The van der Waals surface area contributed by atoms with Gasteiger partial charge in [0, 0.05) is 11.1 Å². The highest BCUT2D eigenvalue weighted by atomic mass is 32.2. The SMILES string of the molecule is COc1cccc(-c2noc(CNC(=O)c3ccc(CN(c4cc(C)ccc4C)S(C)(=O)=O)cc3)n2)c1. The standard InChI is InChI=1S/C27H28N4O5S/c1-18-8-9-19(2)24(14-18)31(37(4,33)34)17-20-10-12-21(13-11-20)27(32)28-16-25-29-26(30-36-25)22-6-5-7-23(15-22)35-3/h5-15H,16-17H2,1-4H3,(H,28,32). The number of carbonyl (C=O) groups is 1. The first-order valence-electron chi connectivity index (χ1n) is 11.5. The van der Waals surface area contributed by atoms with Gasteiger partial charge in [0.2, 0.25) is 21.7 Å². The third-order valence-electron chi connectivity index (χ3n) is 5.77. The fourth-order valence-corrected chi connectivity index (χ4v) is 4.70. The van der Waals surface area contributed by atoms with Gasteiger partial charge in [-0.15, -0.1) is 0 Å². The van der Waals surface area contributed by atoms with E-state index < -0.39 is 10.0 Å². The summed E-state index contributed by atoms with van der Waals surface area (Å²) in [5.41, 5.74) is 4.38. The second-order valence-electron chi connectivity index (χ2n) is 8.68. The molecule has 0 bridgehead atoms. The molecule has 0 aliphatic rings. The number of aromatic nitrogens is 2. The molecular weight excluding hydrogens is 492 g/mol. The van der Waals surface area contributed by atoms with Crippen molar-refractivity contribution in [3.05, 3.63) is 94.9 Å². The van der Waals surface area contributed by atoms with Crippen molar-refractivity contribution in [2.24, 2.45) is 0 Å². The Bertz CT molecular complexity index is 1510. The lowest BCUT2D eigenvalue weighted by molar-refractivity contribution is 0.0946. The van der Waals surface area contributed by atoms with Crippen LogP contribution in [-0.2, 0) is 23.1 Å². The van der Waals surface area contributed by atoms with Crippen molar-refractivity contribution in [2.45, 2.75) is 26.9 Å². The molecule has 1 aromatic heterocycles. The van der Waals surface area contributed by atoms with Crippen molar-refractivity contribution in [1.82, 2.24) is 15.5 Å². The minimum atomic E-state index is -3.52. The topological polar surface area (TPSA) is 115 Å². The van der Waals surface area contributed by atoms with Crippen LogP contribution in [0.4, 0.5) is 5.69 Å². The largest absolute Gasteiger partial charge is 0.497 e. The van der Waals surface area contributed by atoms with Crippen molar-refractivity contribution in [2.75, 3.05) is 17.7 Å². The minimum absolute atomic E-state index is 0.0616. The summed E-state index contributed by atoms with van der Waals surface area (Å²) < 4.78 is 37.0. The third kappa shape index (κ3) is 6.34. The monoisotopic (exact) mass is 520 g/mol. The van der Waals surface area contributed by atoms with Crippen molar-refractivity contribution in [1.29, 1.82) is 0 Å². The van der Waals surface area contributed by atoms with E-state index in [9.17, 15) is 13.2 Å². The molecule has 0 saturated heterocycles. The summed E-state index contributed by atoms with van der Waals surface area (Å²) in [6.45, 7) is 4.01. The van der Waals surface area contributed by atoms with Gasteiger partial charge in [0.1, 0.15) is 5.75 Å². The first-order valence-corrected chi connectivity index (χ1v) is 13.4. The summed E-state index contributed by atoms with van der Waals surface area (Å²) >= 11 is 0. The van der Waals surface area contributed by atoms with Crippen LogP contribution in [0.3, 0.4) is 0 Å². The molecule has 0 saturated carbocycles. The van der Waals surface area contributed by atoms with Gasteiger partial charge in [0.25, 0.3) is 5.91 Å². The van der Waals surface area contributed by atoms with Gasteiger partial charge in [0.15, 0.2) is 0 Å².